The molecule has 1 aromatic rings. The molecule has 0 radical (unpaired) electrons. The van der Waals surface area contributed by atoms with E-state index in [0.29, 0.717) is 11.7 Å². The Balaban J connectivity index is 2.01. The fourth-order valence-electron chi connectivity index (χ4n) is 1.75. The third-order valence-corrected chi connectivity index (χ3v) is 3.35. The average Bonchev–Trinajstić information content (AvgIpc) is 3.24. The number of benzene rings is 1. The van der Waals surface area contributed by atoms with Gasteiger partial charge in [0, 0.05) is 23.8 Å². The Morgan fingerprint density at radius 2 is 2.20 bits per heavy atom. The number of anilines is 2. The Labute approximate surface area is 124 Å². The molecule has 1 aliphatic carbocycles. The van der Waals surface area contributed by atoms with Crippen LogP contribution in [-0.2, 0) is 4.79 Å². The summed E-state index contributed by atoms with van der Waals surface area (Å²) >= 11 is 5.16. The Hall–Kier alpha value is -1.88. The molecule has 106 valence electrons. The van der Waals surface area contributed by atoms with Gasteiger partial charge in [0.05, 0.1) is 0 Å². The van der Waals surface area contributed by atoms with Crippen molar-refractivity contribution in [1.82, 2.24) is 5.32 Å². The minimum Gasteiger partial charge on any atom is -0.359 e. The van der Waals surface area contributed by atoms with E-state index in [0.717, 1.165) is 29.8 Å². The first-order valence-electron chi connectivity index (χ1n) is 6.67. The largest absolute Gasteiger partial charge is 0.359 e. The molecule has 20 heavy (non-hydrogen) atoms. The summed E-state index contributed by atoms with van der Waals surface area (Å²) in [5.74, 6) is 0.305. The maximum Gasteiger partial charge on any atom is 0.227 e. The molecule has 0 unspecified atom stereocenters. The van der Waals surface area contributed by atoms with Gasteiger partial charge in [-0.2, -0.15) is 0 Å². The van der Waals surface area contributed by atoms with Crippen molar-refractivity contribution < 1.29 is 4.79 Å². The number of carbonyl (C=O) groups excluding carboxylic acids is 1. The molecular formula is C15H19N3OS. The molecule has 0 saturated heterocycles. The lowest BCUT2D eigenvalue weighted by atomic mass is 10.1. The van der Waals surface area contributed by atoms with Gasteiger partial charge in [0.1, 0.15) is 0 Å². The number of thiocarbonyl (C=S) groups is 1. The van der Waals surface area contributed by atoms with Crippen LogP contribution in [0.15, 0.2) is 30.9 Å². The summed E-state index contributed by atoms with van der Waals surface area (Å²) in [4.78, 5) is 11.8. The van der Waals surface area contributed by atoms with E-state index in [4.69, 9.17) is 12.2 Å². The number of nitrogens with one attached hydrogen (secondary N) is 3. The van der Waals surface area contributed by atoms with Gasteiger partial charge in [0.25, 0.3) is 0 Å². The fraction of sp³-hybridized carbons (Fsp3) is 0.333. The van der Waals surface area contributed by atoms with Gasteiger partial charge in [-0.15, -0.1) is 6.58 Å². The molecule has 1 saturated carbocycles. The van der Waals surface area contributed by atoms with Crippen molar-refractivity contribution >= 4 is 34.6 Å². The Bertz CT molecular complexity index is 538. The number of hydrogen-bond donors (Lipinski definition) is 3. The lowest BCUT2D eigenvalue weighted by Crippen LogP contribution is -2.28. The SMILES string of the molecule is C=CCNC(=S)Nc1ccc(C)c(NC(=O)C2CC2)c1. The minimum absolute atomic E-state index is 0.109. The summed E-state index contributed by atoms with van der Waals surface area (Å²) < 4.78 is 0. The van der Waals surface area contributed by atoms with Crippen LogP contribution in [0.5, 0.6) is 0 Å². The third-order valence-electron chi connectivity index (χ3n) is 3.11. The molecule has 2 rings (SSSR count). The molecule has 0 aromatic heterocycles. The van der Waals surface area contributed by atoms with E-state index >= 15 is 0 Å². The standard InChI is InChI=1S/C15H19N3OS/c1-3-8-16-15(20)17-12-7-4-10(2)13(9-12)18-14(19)11-5-6-11/h3-4,7,9,11H,1,5-6,8H2,2H3,(H,18,19)(H2,16,17,20). The number of hydrogen-bond acceptors (Lipinski definition) is 2. The van der Waals surface area contributed by atoms with Gasteiger partial charge in [-0.1, -0.05) is 12.1 Å². The van der Waals surface area contributed by atoms with Crippen molar-refractivity contribution in [2.24, 2.45) is 5.92 Å². The Morgan fingerprint density at radius 3 is 2.85 bits per heavy atom. The lowest BCUT2D eigenvalue weighted by molar-refractivity contribution is -0.117. The van der Waals surface area contributed by atoms with Gasteiger partial charge in [-0.25, -0.2) is 0 Å². The summed E-state index contributed by atoms with van der Waals surface area (Å²) in [7, 11) is 0. The van der Waals surface area contributed by atoms with E-state index < -0.39 is 0 Å². The maximum absolute atomic E-state index is 11.8. The Kier molecular flexibility index (Phi) is 4.74. The monoisotopic (exact) mass is 289 g/mol. The highest BCUT2D eigenvalue weighted by atomic mass is 32.1. The zero-order valence-electron chi connectivity index (χ0n) is 11.5. The molecule has 4 nitrogen and oxygen atoms in total. The van der Waals surface area contributed by atoms with E-state index in [1.165, 1.54) is 0 Å². The van der Waals surface area contributed by atoms with Crippen molar-refractivity contribution in [3.8, 4) is 0 Å². The van der Waals surface area contributed by atoms with Crippen LogP contribution >= 0.6 is 12.2 Å². The van der Waals surface area contributed by atoms with E-state index in [1.807, 2.05) is 25.1 Å². The highest BCUT2D eigenvalue weighted by Crippen LogP contribution is 2.31. The molecule has 1 fully saturated rings. The van der Waals surface area contributed by atoms with Crippen LogP contribution in [-0.4, -0.2) is 17.6 Å². The van der Waals surface area contributed by atoms with Crippen molar-refractivity contribution in [3.63, 3.8) is 0 Å². The maximum atomic E-state index is 11.8. The predicted molar refractivity (Wildman–Crippen MR) is 87.0 cm³/mol. The number of aryl methyl sites for hydroxylation is 1. The highest BCUT2D eigenvalue weighted by Gasteiger charge is 2.29. The number of carbonyl (C=O) groups is 1. The van der Waals surface area contributed by atoms with Crippen LogP contribution < -0.4 is 16.0 Å². The molecule has 1 aromatic carbocycles. The zero-order valence-corrected chi connectivity index (χ0v) is 12.3. The molecular weight excluding hydrogens is 270 g/mol. The van der Waals surface area contributed by atoms with Crippen molar-refractivity contribution in [3.05, 3.63) is 36.4 Å². The molecule has 1 aliphatic rings. The summed E-state index contributed by atoms with van der Waals surface area (Å²) in [6, 6.07) is 5.79. The normalized spacial score (nSPS) is 13.4. The summed E-state index contributed by atoms with van der Waals surface area (Å²) in [6.07, 6.45) is 3.74. The van der Waals surface area contributed by atoms with Crippen LogP contribution in [0, 0.1) is 12.8 Å². The summed E-state index contributed by atoms with van der Waals surface area (Å²) in [5.41, 5.74) is 2.72. The van der Waals surface area contributed by atoms with Crippen LogP contribution in [0.4, 0.5) is 11.4 Å². The van der Waals surface area contributed by atoms with Gasteiger partial charge in [0.15, 0.2) is 5.11 Å². The third kappa shape index (κ3) is 4.06. The van der Waals surface area contributed by atoms with Crippen LogP contribution in [0.3, 0.4) is 0 Å². The van der Waals surface area contributed by atoms with Gasteiger partial charge in [-0.05, 0) is 49.7 Å². The molecule has 0 spiro atoms. The van der Waals surface area contributed by atoms with Gasteiger partial charge < -0.3 is 16.0 Å². The number of rotatable bonds is 5. The first-order chi connectivity index (χ1) is 9.60. The van der Waals surface area contributed by atoms with E-state index in [2.05, 4.69) is 22.5 Å². The molecule has 0 heterocycles. The lowest BCUT2D eigenvalue weighted by Gasteiger charge is -2.13. The minimum atomic E-state index is 0.109. The van der Waals surface area contributed by atoms with Crippen molar-refractivity contribution in [1.29, 1.82) is 0 Å². The second-order valence-corrected chi connectivity index (χ2v) is 5.33. The topological polar surface area (TPSA) is 53.2 Å². The van der Waals surface area contributed by atoms with Crippen molar-refractivity contribution in [2.45, 2.75) is 19.8 Å². The quantitative estimate of drug-likeness (QED) is 0.576. The second kappa shape index (κ2) is 6.52. The highest BCUT2D eigenvalue weighted by molar-refractivity contribution is 7.80. The van der Waals surface area contributed by atoms with Gasteiger partial charge in [0.2, 0.25) is 5.91 Å². The molecule has 1 amide bonds. The average molecular weight is 289 g/mol. The Morgan fingerprint density at radius 1 is 1.45 bits per heavy atom. The molecule has 0 atom stereocenters. The zero-order chi connectivity index (χ0) is 14.5. The van der Waals surface area contributed by atoms with Crippen LogP contribution in [0.1, 0.15) is 18.4 Å². The van der Waals surface area contributed by atoms with Crippen LogP contribution in [0.25, 0.3) is 0 Å². The number of amides is 1. The first kappa shape index (κ1) is 14.5. The van der Waals surface area contributed by atoms with Gasteiger partial charge >= 0.3 is 0 Å². The summed E-state index contributed by atoms with van der Waals surface area (Å²) in [5, 5.41) is 9.59. The molecule has 5 heteroatoms. The van der Waals surface area contributed by atoms with E-state index in [1.54, 1.807) is 6.08 Å². The molecule has 0 bridgehead atoms. The fourth-order valence-corrected chi connectivity index (χ4v) is 1.96. The first-order valence-corrected chi connectivity index (χ1v) is 7.08. The smallest absolute Gasteiger partial charge is 0.227 e. The summed E-state index contributed by atoms with van der Waals surface area (Å²) in [6.45, 7) is 6.21. The van der Waals surface area contributed by atoms with Crippen molar-refractivity contribution in [2.75, 3.05) is 17.2 Å². The second-order valence-electron chi connectivity index (χ2n) is 4.92. The van der Waals surface area contributed by atoms with Crippen LogP contribution in [0.2, 0.25) is 0 Å². The van der Waals surface area contributed by atoms with E-state index in [-0.39, 0.29) is 11.8 Å². The molecule has 0 aliphatic heterocycles. The van der Waals surface area contributed by atoms with Gasteiger partial charge in [-0.3, -0.25) is 4.79 Å². The predicted octanol–water partition coefficient (Wildman–Crippen LogP) is 2.82. The molecule has 3 N–H and O–H groups in total. The van der Waals surface area contributed by atoms with E-state index in [9.17, 15) is 4.79 Å².